The van der Waals surface area contributed by atoms with Crippen LogP contribution in [0.15, 0.2) is 36.9 Å². The van der Waals surface area contributed by atoms with Gasteiger partial charge in [0.2, 0.25) is 5.69 Å². The zero-order valence-corrected chi connectivity index (χ0v) is 15.1. The highest BCUT2D eigenvalue weighted by Crippen LogP contribution is 2.39. The molecule has 0 unspecified atom stereocenters. The molecule has 1 aliphatic heterocycles. The van der Waals surface area contributed by atoms with Crippen molar-refractivity contribution in [1.29, 1.82) is 0 Å². The van der Waals surface area contributed by atoms with Crippen LogP contribution in [0, 0.1) is 0 Å². The van der Waals surface area contributed by atoms with Gasteiger partial charge in [-0.25, -0.2) is 0 Å². The monoisotopic (exact) mass is 365 g/mol. The molecule has 0 spiro atoms. The summed E-state index contributed by atoms with van der Waals surface area (Å²) < 4.78 is 7.34. The van der Waals surface area contributed by atoms with Crippen LogP contribution < -0.4 is 17.0 Å². The zero-order valence-electron chi connectivity index (χ0n) is 13.6. The molecule has 0 bridgehead atoms. The Hall–Kier alpha value is -1.42. The molecule has 4 heteroatoms. The summed E-state index contributed by atoms with van der Waals surface area (Å²) in [7, 11) is 0. The third-order valence-corrected chi connectivity index (χ3v) is 4.30. The van der Waals surface area contributed by atoms with Crippen molar-refractivity contribution in [2.24, 2.45) is 0 Å². The molecule has 3 nitrogen and oxygen atoms in total. The van der Waals surface area contributed by atoms with Crippen molar-refractivity contribution in [2.75, 3.05) is 13.2 Å². The highest BCUT2D eigenvalue weighted by molar-refractivity contribution is 5.93. The lowest BCUT2D eigenvalue weighted by molar-refractivity contribution is -0.439. The molecule has 120 valence electrons. The summed E-state index contributed by atoms with van der Waals surface area (Å²) in [6, 6.07) is 8.50. The first-order valence-corrected chi connectivity index (χ1v) is 7.46. The minimum absolute atomic E-state index is 0. The Kier molecular flexibility index (Phi) is 6.54. The molecule has 0 atom stereocenters. The Morgan fingerprint density at radius 2 is 2.05 bits per heavy atom. The Balaban J connectivity index is 0.00000242. The van der Waals surface area contributed by atoms with Crippen molar-refractivity contribution in [1.82, 2.24) is 0 Å². The zero-order chi connectivity index (χ0) is 15.5. The molecular formula is C18H24BrNO2. The summed E-state index contributed by atoms with van der Waals surface area (Å²) in [5, 5.41) is 0. The minimum atomic E-state index is -0.153. The minimum Gasteiger partial charge on any atom is -1.00 e. The average Bonchev–Trinajstić information content (AvgIpc) is 2.66. The van der Waals surface area contributed by atoms with E-state index in [0.29, 0.717) is 13.0 Å². The second-order valence-corrected chi connectivity index (χ2v) is 5.95. The summed E-state index contributed by atoms with van der Waals surface area (Å²) in [6.07, 6.45) is 2.83. The van der Waals surface area contributed by atoms with Crippen LogP contribution in [0.3, 0.4) is 0 Å². The topological polar surface area (TPSA) is 29.3 Å². The van der Waals surface area contributed by atoms with Crippen molar-refractivity contribution in [3.8, 4) is 0 Å². The van der Waals surface area contributed by atoms with E-state index in [9.17, 15) is 4.79 Å². The van der Waals surface area contributed by atoms with E-state index in [2.05, 4.69) is 56.2 Å². The van der Waals surface area contributed by atoms with E-state index in [1.54, 1.807) is 6.08 Å². The Labute approximate surface area is 143 Å². The van der Waals surface area contributed by atoms with Crippen molar-refractivity contribution in [2.45, 2.75) is 39.0 Å². The molecule has 0 fully saturated rings. The number of fused-ring (bicyclic) bond motifs is 1. The van der Waals surface area contributed by atoms with Gasteiger partial charge < -0.3 is 21.7 Å². The first kappa shape index (κ1) is 18.6. The predicted molar refractivity (Wildman–Crippen MR) is 85.3 cm³/mol. The quantitative estimate of drug-likeness (QED) is 0.419. The maximum Gasteiger partial charge on any atom is 0.306 e. The first-order valence-electron chi connectivity index (χ1n) is 7.46. The average molecular weight is 366 g/mol. The van der Waals surface area contributed by atoms with Gasteiger partial charge >= 0.3 is 5.97 Å². The van der Waals surface area contributed by atoms with Gasteiger partial charge in [-0.1, -0.05) is 30.9 Å². The highest BCUT2D eigenvalue weighted by atomic mass is 79.9. The molecule has 0 saturated carbocycles. The molecule has 2 rings (SSSR count). The summed E-state index contributed by atoms with van der Waals surface area (Å²) >= 11 is 0. The van der Waals surface area contributed by atoms with Crippen LogP contribution in [0.25, 0.3) is 0 Å². The molecule has 0 aliphatic carbocycles. The van der Waals surface area contributed by atoms with Crippen LogP contribution in [0.2, 0.25) is 0 Å². The van der Waals surface area contributed by atoms with E-state index >= 15 is 0 Å². The van der Waals surface area contributed by atoms with Gasteiger partial charge in [0.15, 0.2) is 5.71 Å². The van der Waals surface area contributed by atoms with Crippen LogP contribution in [0.1, 0.15) is 39.2 Å². The fourth-order valence-corrected chi connectivity index (χ4v) is 2.84. The summed E-state index contributed by atoms with van der Waals surface area (Å²) in [5.41, 5.74) is 4.01. The molecule has 22 heavy (non-hydrogen) atoms. The molecule has 1 heterocycles. The maximum atomic E-state index is 11.5. The molecule has 1 aliphatic rings. The molecule has 0 radical (unpaired) electrons. The van der Waals surface area contributed by atoms with Gasteiger partial charge in [0.25, 0.3) is 0 Å². The summed E-state index contributed by atoms with van der Waals surface area (Å²) in [5.74, 6) is -0.153. The van der Waals surface area contributed by atoms with Crippen molar-refractivity contribution in [3.05, 3.63) is 42.5 Å². The Morgan fingerprint density at radius 3 is 2.73 bits per heavy atom. The lowest BCUT2D eigenvalue weighted by Gasteiger charge is -2.14. The predicted octanol–water partition coefficient (Wildman–Crippen LogP) is 0.596. The van der Waals surface area contributed by atoms with Crippen molar-refractivity contribution in [3.63, 3.8) is 0 Å². The van der Waals surface area contributed by atoms with E-state index in [1.807, 2.05) is 0 Å². The lowest BCUT2D eigenvalue weighted by Crippen LogP contribution is -3.00. The third-order valence-electron chi connectivity index (χ3n) is 4.30. The second kappa shape index (κ2) is 7.73. The van der Waals surface area contributed by atoms with Gasteiger partial charge in [0.05, 0.1) is 11.8 Å². The standard InChI is InChI=1S/C18H24NO2.BrH/c1-5-13-21-17(20)11-8-12-19-14(2)18(3,4)15-9-6-7-10-16(15)19;/h5-7,9-10H,1,8,11-13H2,2-4H3;1H/q+1;/p-1. The number of nitrogens with zero attached hydrogens (tertiary/aromatic N) is 1. The van der Waals surface area contributed by atoms with Gasteiger partial charge in [-0.3, -0.25) is 4.79 Å². The number of halogens is 1. The van der Waals surface area contributed by atoms with E-state index in [4.69, 9.17) is 4.74 Å². The maximum absolute atomic E-state index is 11.5. The first-order chi connectivity index (χ1) is 9.98. The van der Waals surface area contributed by atoms with Gasteiger partial charge in [0.1, 0.15) is 13.2 Å². The normalized spacial score (nSPS) is 15.0. The Bertz CT molecular complexity index is 591. The smallest absolute Gasteiger partial charge is 0.306 e. The largest absolute Gasteiger partial charge is 1.00 e. The van der Waals surface area contributed by atoms with E-state index < -0.39 is 0 Å². The molecular weight excluding hydrogens is 342 g/mol. The highest BCUT2D eigenvalue weighted by Gasteiger charge is 2.42. The second-order valence-electron chi connectivity index (χ2n) is 5.95. The number of para-hydroxylation sites is 1. The number of esters is 1. The number of carbonyl (C=O) groups excluding carboxylic acids is 1. The van der Waals surface area contributed by atoms with Crippen LogP contribution in [0.5, 0.6) is 0 Å². The molecule has 0 N–H and O–H groups in total. The summed E-state index contributed by atoms with van der Waals surface area (Å²) in [4.78, 5) is 11.5. The fraction of sp³-hybridized carbons (Fsp3) is 0.444. The van der Waals surface area contributed by atoms with E-state index in [0.717, 1.165) is 13.0 Å². The molecule has 0 aromatic heterocycles. The number of rotatable bonds is 6. The number of hydrogen-bond donors (Lipinski definition) is 0. The van der Waals surface area contributed by atoms with Gasteiger partial charge in [-0.15, -0.1) is 0 Å². The van der Waals surface area contributed by atoms with Crippen LogP contribution in [-0.2, 0) is 14.9 Å². The number of hydrogen-bond acceptors (Lipinski definition) is 2. The van der Waals surface area contributed by atoms with Crippen LogP contribution in [-0.4, -0.2) is 29.4 Å². The SMILES string of the molecule is C=CCOC(=O)CCC[N+]1=C(C)C(C)(C)c2ccccc21.[Br-]. The van der Waals surface area contributed by atoms with Crippen molar-refractivity contribution >= 4 is 17.4 Å². The number of carbonyl (C=O) groups is 1. The van der Waals surface area contributed by atoms with E-state index in [-0.39, 0.29) is 28.4 Å². The molecule has 0 saturated heterocycles. The third kappa shape index (κ3) is 3.67. The number of benzene rings is 1. The van der Waals surface area contributed by atoms with Crippen LogP contribution in [0.4, 0.5) is 5.69 Å². The van der Waals surface area contributed by atoms with Gasteiger partial charge in [-0.05, 0) is 13.8 Å². The molecule has 1 aromatic rings. The molecule has 1 aromatic carbocycles. The van der Waals surface area contributed by atoms with Gasteiger partial charge in [-0.2, -0.15) is 4.58 Å². The Morgan fingerprint density at radius 1 is 1.36 bits per heavy atom. The van der Waals surface area contributed by atoms with E-state index in [1.165, 1.54) is 17.0 Å². The number of ether oxygens (including phenoxy) is 1. The summed E-state index contributed by atoms with van der Waals surface area (Å²) in [6.45, 7) is 11.4. The molecule has 0 amide bonds. The van der Waals surface area contributed by atoms with Crippen LogP contribution >= 0.6 is 0 Å². The van der Waals surface area contributed by atoms with Gasteiger partial charge in [0, 0.05) is 25.0 Å². The lowest BCUT2D eigenvalue weighted by atomic mass is 9.82. The van der Waals surface area contributed by atoms with Crippen molar-refractivity contribution < 1.29 is 31.1 Å². The fourth-order valence-electron chi connectivity index (χ4n) is 2.84.